The minimum absolute atomic E-state index is 0.106. The molecule has 0 radical (unpaired) electrons. The highest BCUT2D eigenvalue weighted by atomic mass is 32.2. The molecule has 0 aromatic heterocycles. The Balaban J connectivity index is 1.85. The molecule has 0 aliphatic heterocycles. The fourth-order valence-corrected chi connectivity index (χ4v) is 5.53. The Bertz CT molecular complexity index is 1340. The molecule has 0 aliphatic carbocycles. The van der Waals surface area contributed by atoms with E-state index < -0.39 is 16.1 Å². The van der Waals surface area contributed by atoms with Gasteiger partial charge in [0.15, 0.2) is 0 Å². The molecule has 0 heterocycles. The molecule has 2 amide bonds. The Kier molecular flexibility index (Phi) is 10.7. The van der Waals surface area contributed by atoms with Crippen LogP contribution in [0.4, 0.5) is 5.69 Å². The Labute approximate surface area is 232 Å². The summed E-state index contributed by atoms with van der Waals surface area (Å²) in [5.74, 6) is -0.402. The average molecular weight is 550 g/mol. The highest BCUT2D eigenvalue weighted by Gasteiger charge is 2.30. The second-order valence-corrected chi connectivity index (χ2v) is 11.8. The van der Waals surface area contributed by atoms with Crippen molar-refractivity contribution in [3.05, 3.63) is 101 Å². The molecule has 0 saturated carbocycles. The number of nitrogens with zero attached hydrogens (tertiary/aromatic N) is 2. The van der Waals surface area contributed by atoms with Gasteiger partial charge in [0.1, 0.15) is 6.04 Å². The summed E-state index contributed by atoms with van der Waals surface area (Å²) in [5.41, 5.74) is 4.56. The zero-order valence-corrected chi connectivity index (χ0v) is 24.1. The first-order valence-corrected chi connectivity index (χ1v) is 15.1. The van der Waals surface area contributed by atoms with Gasteiger partial charge in [-0.3, -0.25) is 13.9 Å². The lowest BCUT2D eigenvalue weighted by Gasteiger charge is -2.32. The normalized spacial score (nSPS) is 12.0. The lowest BCUT2D eigenvalue weighted by Crippen LogP contribution is -2.50. The monoisotopic (exact) mass is 549 g/mol. The van der Waals surface area contributed by atoms with Crippen LogP contribution in [-0.2, 0) is 32.6 Å². The van der Waals surface area contributed by atoms with Crippen LogP contribution in [0.1, 0.15) is 42.0 Å². The van der Waals surface area contributed by atoms with E-state index in [9.17, 15) is 18.0 Å². The standard InChI is InChI=1S/C31H39N3O4S/c1-5-32-31(36)29(22-26-12-7-6-8-13-26)33(23-27-14-9-11-25(3)21-27)30(35)15-10-20-34(39(4,37)38)28-18-16-24(2)17-19-28/h6-9,11-14,16-19,21,29H,5,10,15,20,22-23H2,1-4H3,(H,32,36). The van der Waals surface area contributed by atoms with Crippen LogP contribution in [-0.4, -0.2) is 50.5 Å². The average Bonchev–Trinajstić information content (AvgIpc) is 2.89. The van der Waals surface area contributed by atoms with Crippen molar-refractivity contribution < 1.29 is 18.0 Å². The molecule has 3 rings (SSSR count). The van der Waals surface area contributed by atoms with Crippen molar-refractivity contribution in [1.29, 1.82) is 0 Å². The van der Waals surface area contributed by atoms with Gasteiger partial charge in [-0.1, -0.05) is 77.9 Å². The number of sulfonamides is 1. The number of hydrogen-bond acceptors (Lipinski definition) is 4. The second kappa shape index (κ2) is 13.9. The van der Waals surface area contributed by atoms with Crippen LogP contribution in [0.3, 0.4) is 0 Å². The summed E-state index contributed by atoms with van der Waals surface area (Å²) in [5, 5.41) is 2.90. The molecule has 8 heteroatoms. The summed E-state index contributed by atoms with van der Waals surface area (Å²) >= 11 is 0. The van der Waals surface area contributed by atoms with E-state index in [4.69, 9.17) is 0 Å². The Morgan fingerprint density at radius 1 is 0.872 bits per heavy atom. The van der Waals surface area contributed by atoms with Gasteiger partial charge in [0.25, 0.3) is 0 Å². The Morgan fingerprint density at radius 3 is 2.15 bits per heavy atom. The predicted molar refractivity (Wildman–Crippen MR) is 157 cm³/mol. The third-order valence-corrected chi connectivity index (χ3v) is 7.73. The van der Waals surface area contributed by atoms with Gasteiger partial charge >= 0.3 is 0 Å². The molecule has 0 aliphatic rings. The highest BCUT2D eigenvalue weighted by Crippen LogP contribution is 2.21. The van der Waals surface area contributed by atoms with Gasteiger partial charge in [-0.25, -0.2) is 8.42 Å². The Morgan fingerprint density at radius 2 is 1.54 bits per heavy atom. The molecular weight excluding hydrogens is 510 g/mol. The number of likely N-dealkylation sites (N-methyl/N-ethyl adjacent to an activating group) is 1. The molecule has 1 unspecified atom stereocenters. The van der Waals surface area contributed by atoms with Crippen LogP contribution in [0.15, 0.2) is 78.9 Å². The smallest absolute Gasteiger partial charge is 0.243 e. The van der Waals surface area contributed by atoms with Crippen LogP contribution in [0.5, 0.6) is 0 Å². The first-order chi connectivity index (χ1) is 18.6. The van der Waals surface area contributed by atoms with Gasteiger partial charge < -0.3 is 10.2 Å². The molecular formula is C31H39N3O4S. The lowest BCUT2D eigenvalue weighted by molar-refractivity contribution is -0.141. The van der Waals surface area contributed by atoms with E-state index in [2.05, 4.69) is 5.32 Å². The zero-order chi connectivity index (χ0) is 28.4. The topological polar surface area (TPSA) is 86.8 Å². The maximum atomic E-state index is 13.8. The number of rotatable bonds is 13. The van der Waals surface area contributed by atoms with E-state index in [0.29, 0.717) is 25.1 Å². The molecule has 39 heavy (non-hydrogen) atoms. The molecule has 1 atom stereocenters. The maximum Gasteiger partial charge on any atom is 0.243 e. The molecule has 3 aromatic carbocycles. The zero-order valence-electron chi connectivity index (χ0n) is 23.3. The number of amides is 2. The number of anilines is 1. The number of carbonyl (C=O) groups excluding carboxylic acids is 2. The Hall–Kier alpha value is -3.65. The van der Waals surface area contributed by atoms with Crippen LogP contribution in [0, 0.1) is 13.8 Å². The molecule has 0 fully saturated rings. The second-order valence-electron chi connectivity index (χ2n) is 9.89. The first-order valence-electron chi connectivity index (χ1n) is 13.3. The maximum absolute atomic E-state index is 13.8. The van der Waals surface area contributed by atoms with Crippen molar-refractivity contribution in [3.8, 4) is 0 Å². The molecule has 0 spiro atoms. The minimum atomic E-state index is -3.54. The lowest BCUT2D eigenvalue weighted by atomic mass is 10.0. The van der Waals surface area contributed by atoms with Crippen LogP contribution in [0.2, 0.25) is 0 Å². The van der Waals surface area contributed by atoms with Crippen LogP contribution < -0.4 is 9.62 Å². The van der Waals surface area contributed by atoms with Gasteiger partial charge in [0.2, 0.25) is 21.8 Å². The SMILES string of the molecule is CCNC(=O)C(Cc1ccccc1)N(Cc1cccc(C)c1)C(=O)CCCN(c1ccc(C)cc1)S(C)(=O)=O. The van der Waals surface area contributed by atoms with E-state index in [1.54, 1.807) is 17.0 Å². The highest BCUT2D eigenvalue weighted by molar-refractivity contribution is 7.92. The molecule has 1 N–H and O–H groups in total. The van der Waals surface area contributed by atoms with E-state index in [-0.39, 0.29) is 31.3 Å². The fraction of sp³-hybridized carbons (Fsp3) is 0.355. The van der Waals surface area contributed by atoms with Crippen molar-refractivity contribution in [2.75, 3.05) is 23.7 Å². The van der Waals surface area contributed by atoms with E-state index in [1.807, 2.05) is 87.5 Å². The van der Waals surface area contributed by atoms with E-state index >= 15 is 0 Å². The van der Waals surface area contributed by atoms with Gasteiger partial charge in [0, 0.05) is 32.5 Å². The van der Waals surface area contributed by atoms with Crippen molar-refractivity contribution in [3.63, 3.8) is 0 Å². The predicted octanol–water partition coefficient (Wildman–Crippen LogP) is 4.63. The number of hydrogen-bond donors (Lipinski definition) is 1. The van der Waals surface area contributed by atoms with Crippen LogP contribution in [0.25, 0.3) is 0 Å². The number of aryl methyl sites for hydroxylation is 2. The number of carbonyl (C=O) groups is 2. The molecule has 0 bridgehead atoms. The third kappa shape index (κ3) is 8.96. The number of nitrogens with one attached hydrogen (secondary N) is 1. The summed E-state index contributed by atoms with van der Waals surface area (Å²) < 4.78 is 26.4. The minimum Gasteiger partial charge on any atom is -0.355 e. The van der Waals surface area contributed by atoms with Crippen molar-refractivity contribution >= 4 is 27.5 Å². The summed E-state index contributed by atoms with van der Waals surface area (Å²) in [7, 11) is -3.54. The third-order valence-electron chi connectivity index (χ3n) is 6.53. The quantitative estimate of drug-likeness (QED) is 0.337. The van der Waals surface area contributed by atoms with Gasteiger partial charge in [-0.15, -0.1) is 0 Å². The summed E-state index contributed by atoms with van der Waals surface area (Å²) in [6, 6.07) is 24.1. The molecule has 3 aromatic rings. The van der Waals surface area contributed by atoms with Gasteiger partial charge in [-0.05, 0) is 50.5 Å². The fourth-order valence-electron chi connectivity index (χ4n) is 4.57. The summed E-state index contributed by atoms with van der Waals surface area (Å²) in [4.78, 5) is 28.7. The largest absolute Gasteiger partial charge is 0.355 e. The first kappa shape index (κ1) is 29.9. The van der Waals surface area contributed by atoms with E-state index in [1.165, 1.54) is 10.6 Å². The van der Waals surface area contributed by atoms with Crippen molar-refractivity contribution in [2.45, 2.75) is 52.6 Å². The van der Waals surface area contributed by atoms with Crippen molar-refractivity contribution in [2.24, 2.45) is 0 Å². The summed E-state index contributed by atoms with van der Waals surface area (Å²) in [6.07, 6.45) is 1.97. The van der Waals surface area contributed by atoms with Crippen molar-refractivity contribution in [1.82, 2.24) is 10.2 Å². The van der Waals surface area contributed by atoms with Gasteiger partial charge in [-0.2, -0.15) is 0 Å². The van der Waals surface area contributed by atoms with Crippen LogP contribution >= 0.6 is 0 Å². The number of benzene rings is 3. The molecule has 0 saturated heterocycles. The molecule has 208 valence electrons. The van der Waals surface area contributed by atoms with Gasteiger partial charge in [0.05, 0.1) is 11.9 Å². The molecule has 7 nitrogen and oxygen atoms in total. The summed E-state index contributed by atoms with van der Waals surface area (Å²) in [6.45, 7) is 6.69. The van der Waals surface area contributed by atoms with E-state index in [0.717, 1.165) is 22.3 Å².